The number of aromatic nitrogens is 1. The van der Waals surface area contributed by atoms with Crippen LogP contribution in [0.5, 0.6) is 0 Å². The van der Waals surface area contributed by atoms with Gasteiger partial charge in [-0.1, -0.05) is 0 Å². The van der Waals surface area contributed by atoms with E-state index in [1.165, 1.54) is 30.0 Å². The maximum atomic E-state index is 8.98. The van der Waals surface area contributed by atoms with Gasteiger partial charge in [-0.25, -0.2) is 4.98 Å². The first kappa shape index (κ1) is 14.8. The lowest BCUT2D eigenvalue weighted by molar-refractivity contribution is 0.211. The van der Waals surface area contributed by atoms with Gasteiger partial charge in [-0.05, 0) is 39.2 Å². The van der Waals surface area contributed by atoms with E-state index in [0.717, 1.165) is 24.5 Å². The van der Waals surface area contributed by atoms with E-state index in [9.17, 15) is 0 Å². The second kappa shape index (κ2) is 6.68. The standard InChI is InChI=1S/C14H25N3OS/c1-11-13(19-14(15-11)16(2)3)10-17-8-4-6-12(17)7-5-9-18/h12,18H,4-10H2,1-3H3. The first-order valence-electron chi connectivity index (χ1n) is 7.10. The summed E-state index contributed by atoms with van der Waals surface area (Å²) < 4.78 is 0. The molecule has 0 saturated carbocycles. The molecule has 1 aromatic heterocycles. The molecule has 0 aliphatic carbocycles. The number of aryl methyl sites for hydroxylation is 1. The summed E-state index contributed by atoms with van der Waals surface area (Å²) in [5, 5.41) is 10.1. The SMILES string of the molecule is Cc1nc(N(C)C)sc1CN1CCCC1CCCO. The molecule has 1 aliphatic rings. The molecule has 19 heavy (non-hydrogen) atoms. The van der Waals surface area contributed by atoms with E-state index < -0.39 is 0 Å². The van der Waals surface area contributed by atoms with Crippen molar-refractivity contribution in [1.29, 1.82) is 0 Å². The van der Waals surface area contributed by atoms with Gasteiger partial charge in [0.1, 0.15) is 0 Å². The lowest BCUT2D eigenvalue weighted by Gasteiger charge is -2.23. The molecule has 1 fully saturated rings. The van der Waals surface area contributed by atoms with Crippen molar-refractivity contribution >= 4 is 16.5 Å². The molecule has 0 aromatic carbocycles. The third kappa shape index (κ3) is 3.68. The molecule has 4 nitrogen and oxygen atoms in total. The van der Waals surface area contributed by atoms with Gasteiger partial charge in [0.05, 0.1) is 5.69 Å². The van der Waals surface area contributed by atoms with Crippen molar-refractivity contribution in [3.8, 4) is 0 Å². The highest BCUT2D eigenvalue weighted by atomic mass is 32.1. The second-order valence-electron chi connectivity index (χ2n) is 5.53. The molecular formula is C14H25N3OS. The van der Waals surface area contributed by atoms with E-state index in [4.69, 9.17) is 5.11 Å². The minimum atomic E-state index is 0.314. The van der Waals surface area contributed by atoms with Crippen LogP contribution in [0.4, 0.5) is 5.13 Å². The molecule has 0 bridgehead atoms. The zero-order valence-electron chi connectivity index (χ0n) is 12.2. The monoisotopic (exact) mass is 283 g/mol. The van der Waals surface area contributed by atoms with Crippen LogP contribution in [0.15, 0.2) is 0 Å². The summed E-state index contributed by atoms with van der Waals surface area (Å²) in [6.07, 6.45) is 4.60. The van der Waals surface area contributed by atoms with Gasteiger partial charge in [0.2, 0.25) is 0 Å². The van der Waals surface area contributed by atoms with E-state index in [-0.39, 0.29) is 0 Å². The van der Waals surface area contributed by atoms with Crippen LogP contribution in [0.3, 0.4) is 0 Å². The normalized spacial score (nSPS) is 20.1. The molecule has 2 heterocycles. The summed E-state index contributed by atoms with van der Waals surface area (Å²) in [6, 6.07) is 0.649. The summed E-state index contributed by atoms with van der Waals surface area (Å²) in [5.74, 6) is 0. The third-order valence-electron chi connectivity index (χ3n) is 3.81. The van der Waals surface area contributed by atoms with Gasteiger partial charge in [-0.3, -0.25) is 4.90 Å². The Morgan fingerprint density at radius 3 is 2.89 bits per heavy atom. The fourth-order valence-corrected chi connectivity index (χ4v) is 3.70. The van der Waals surface area contributed by atoms with Crippen LogP contribution >= 0.6 is 11.3 Å². The van der Waals surface area contributed by atoms with Crippen molar-refractivity contribution in [2.45, 2.75) is 45.2 Å². The van der Waals surface area contributed by atoms with Gasteiger partial charge < -0.3 is 10.0 Å². The zero-order chi connectivity index (χ0) is 13.8. The van der Waals surface area contributed by atoms with Gasteiger partial charge in [0.25, 0.3) is 0 Å². The number of rotatable bonds is 6. The number of aliphatic hydroxyl groups excluding tert-OH is 1. The molecule has 2 rings (SSSR count). The smallest absolute Gasteiger partial charge is 0.185 e. The molecule has 5 heteroatoms. The number of anilines is 1. The van der Waals surface area contributed by atoms with Crippen molar-refractivity contribution in [3.05, 3.63) is 10.6 Å². The maximum Gasteiger partial charge on any atom is 0.185 e. The van der Waals surface area contributed by atoms with E-state index in [2.05, 4.69) is 21.7 Å². The summed E-state index contributed by atoms with van der Waals surface area (Å²) in [7, 11) is 4.09. The summed E-state index contributed by atoms with van der Waals surface area (Å²) in [5.41, 5.74) is 1.17. The highest BCUT2D eigenvalue weighted by Crippen LogP contribution is 2.29. The Morgan fingerprint density at radius 2 is 2.26 bits per heavy atom. The number of nitrogens with zero attached hydrogens (tertiary/aromatic N) is 3. The number of thiazole rings is 1. The first-order valence-corrected chi connectivity index (χ1v) is 7.92. The number of likely N-dealkylation sites (tertiary alicyclic amines) is 1. The van der Waals surface area contributed by atoms with Crippen molar-refractivity contribution < 1.29 is 5.11 Å². The van der Waals surface area contributed by atoms with Gasteiger partial charge in [-0.2, -0.15) is 0 Å². The molecule has 0 spiro atoms. The average molecular weight is 283 g/mol. The van der Waals surface area contributed by atoms with Gasteiger partial charge in [0, 0.05) is 38.2 Å². The van der Waals surface area contributed by atoms with Gasteiger partial charge >= 0.3 is 0 Å². The van der Waals surface area contributed by atoms with Crippen molar-refractivity contribution in [1.82, 2.24) is 9.88 Å². The highest BCUT2D eigenvalue weighted by Gasteiger charge is 2.25. The van der Waals surface area contributed by atoms with Crippen LogP contribution in [0, 0.1) is 6.92 Å². The quantitative estimate of drug-likeness (QED) is 0.869. The highest BCUT2D eigenvalue weighted by molar-refractivity contribution is 7.15. The zero-order valence-corrected chi connectivity index (χ0v) is 13.0. The lowest BCUT2D eigenvalue weighted by atomic mass is 10.1. The molecule has 0 amide bonds. The van der Waals surface area contributed by atoms with E-state index in [1.807, 2.05) is 14.1 Å². The average Bonchev–Trinajstić information content (AvgIpc) is 2.95. The third-order valence-corrected chi connectivity index (χ3v) is 5.12. The van der Waals surface area contributed by atoms with Crippen LogP contribution < -0.4 is 4.90 Å². The molecule has 1 aromatic rings. The second-order valence-corrected chi connectivity index (χ2v) is 6.59. The largest absolute Gasteiger partial charge is 0.396 e. The summed E-state index contributed by atoms with van der Waals surface area (Å²) in [6.45, 7) is 4.63. The molecular weight excluding hydrogens is 258 g/mol. The Kier molecular flexibility index (Phi) is 5.19. The molecule has 1 atom stereocenters. The van der Waals surface area contributed by atoms with Crippen LogP contribution in [0.1, 0.15) is 36.3 Å². The molecule has 1 aliphatic heterocycles. The topological polar surface area (TPSA) is 39.6 Å². The minimum Gasteiger partial charge on any atom is -0.396 e. The van der Waals surface area contributed by atoms with Gasteiger partial charge in [-0.15, -0.1) is 11.3 Å². The minimum absolute atomic E-state index is 0.314. The van der Waals surface area contributed by atoms with E-state index >= 15 is 0 Å². The Hall–Kier alpha value is -0.650. The van der Waals surface area contributed by atoms with E-state index in [0.29, 0.717) is 12.6 Å². The summed E-state index contributed by atoms with van der Waals surface area (Å²) >= 11 is 1.80. The molecule has 1 saturated heterocycles. The Morgan fingerprint density at radius 1 is 1.47 bits per heavy atom. The fourth-order valence-electron chi connectivity index (χ4n) is 2.69. The predicted octanol–water partition coefficient (Wildman–Crippen LogP) is 2.25. The van der Waals surface area contributed by atoms with Crippen molar-refractivity contribution in [2.24, 2.45) is 0 Å². The van der Waals surface area contributed by atoms with Gasteiger partial charge in [0.15, 0.2) is 5.13 Å². The van der Waals surface area contributed by atoms with Crippen LogP contribution in [0.25, 0.3) is 0 Å². The lowest BCUT2D eigenvalue weighted by Crippen LogP contribution is -2.29. The van der Waals surface area contributed by atoms with Crippen molar-refractivity contribution in [2.75, 3.05) is 32.1 Å². The molecule has 0 radical (unpaired) electrons. The molecule has 108 valence electrons. The number of hydrogen-bond donors (Lipinski definition) is 1. The van der Waals surface area contributed by atoms with Crippen LogP contribution in [-0.2, 0) is 6.54 Å². The number of aliphatic hydroxyl groups is 1. The van der Waals surface area contributed by atoms with Crippen molar-refractivity contribution in [3.63, 3.8) is 0 Å². The molecule has 1 N–H and O–H groups in total. The fraction of sp³-hybridized carbons (Fsp3) is 0.786. The Balaban J connectivity index is 1.99. The first-order chi connectivity index (χ1) is 9.11. The summed E-state index contributed by atoms with van der Waals surface area (Å²) in [4.78, 5) is 10.6. The van der Waals surface area contributed by atoms with E-state index in [1.54, 1.807) is 11.3 Å². The number of hydrogen-bond acceptors (Lipinski definition) is 5. The Labute approximate surface area is 120 Å². The predicted molar refractivity (Wildman–Crippen MR) is 80.9 cm³/mol. The molecule has 1 unspecified atom stereocenters. The van der Waals surface area contributed by atoms with Crippen LogP contribution in [0.2, 0.25) is 0 Å². The Bertz CT molecular complexity index is 405. The maximum absolute atomic E-state index is 8.98. The van der Waals surface area contributed by atoms with Crippen LogP contribution in [-0.4, -0.2) is 48.3 Å².